The average Bonchev–Trinajstić information content (AvgIpc) is 3.78. The van der Waals surface area contributed by atoms with Gasteiger partial charge in [-0.25, -0.2) is 0 Å². The molecule has 0 saturated carbocycles. The number of fused-ring (bicyclic) bond motifs is 1. The van der Waals surface area contributed by atoms with Crippen molar-refractivity contribution in [2.75, 3.05) is 13.2 Å². The van der Waals surface area contributed by atoms with Crippen LogP contribution in [0.2, 0.25) is 0 Å². The summed E-state index contributed by atoms with van der Waals surface area (Å²) < 4.78 is 9.64. The molecule has 1 fully saturated rings. The van der Waals surface area contributed by atoms with Crippen molar-refractivity contribution in [3.63, 3.8) is 0 Å². The van der Waals surface area contributed by atoms with Crippen LogP contribution < -0.4 is 15.9 Å². The fourth-order valence-corrected chi connectivity index (χ4v) is 12.9. The predicted octanol–water partition coefficient (Wildman–Crippen LogP) is 7.79. The van der Waals surface area contributed by atoms with Gasteiger partial charge >= 0.3 is 272 Å². The first-order chi connectivity index (χ1) is 21.7. The van der Waals surface area contributed by atoms with Gasteiger partial charge in [-0.1, -0.05) is 0 Å². The fraction of sp³-hybridized carbons (Fsp3) is 0.108. The summed E-state index contributed by atoms with van der Waals surface area (Å²) in [4.78, 5) is 11.4. The van der Waals surface area contributed by atoms with Crippen molar-refractivity contribution in [3.8, 4) is 16.2 Å². The molecule has 0 amide bonds. The summed E-state index contributed by atoms with van der Waals surface area (Å²) in [5.74, 6) is 7.06. The van der Waals surface area contributed by atoms with Crippen LogP contribution in [0.25, 0.3) is 15.7 Å². The van der Waals surface area contributed by atoms with Gasteiger partial charge in [0.2, 0.25) is 0 Å². The van der Waals surface area contributed by atoms with Crippen LogP contribution in [0.15, 0.2) is 131 Å². The van der Waals surface area contributed by atoms with Crippen molar-refractivity contribution in [1.29, 1.82) is 0 Å². The summed E-state index contributed by atoms with van der Waals surface area (Å²) in [6.07, 6.45) is 8.38. The monoisotopic (exact) mass is 804 g/mol. The van der Waals surface area contributed by atoms with E-state index >= 15 is 0 Å². The summed E-state index contributed by atoms with van der Waals surface area (Å²) >= 11 is 4.90. The van der Waals surface area contributed by atoms with E-state index in [1.807, 2.05) is 19.1 Å². The van der Waals surface area contributed by atoms with Gasteiger partial charge in [0.25, 0.3) is 0 Å². The Morgan fingerprint density at radius 1 is 0.795 bits per heavy atom. The first-order valence-corrected chi connectivity index (χ1v) is 18.9. The molecule has 2 aromatic heterocycles. The molecule has 1 aliphatic heterocycles. The second-order valence-electron chi connectivity index (χ2n) is 9.94. The predicted molar refractivity (Wildman–Crippen MR) is 186 cm³/mol. The Hall–Kier alpha value is -3.49. The van der Waals surface area contributed by atoms with E-state index in [1.165, 1.54) is 21.5 Å². The van der Waals surface area contributed by atoms with Crippen molar-refractivity contribution < 1.29 is 22.7 Å². The van der Waals surface area contributed by atoms with E-state index < -0.39 is 7.26 Å². The van der Waals surface area contributed by atoms with E-state index in [2.05, 4.69) is 126 Å². The number of hydrogen-bond acceptors (Lipinski definition) is 5. The Bertz CT molecular complexity index is 1890. The van der Waals surface area contributed by atoms with Crippen LogP contribution in [0, 0.1) is 16.2 Å². The summed E-state index contributed by atoms with van der Waals surface area (Å²) in [5.41, 5.74) is 3.28. The molecule has 44 heavy (non-hydrogen) atoms. The topological polar surface area (TPSA) is 35.0 Å². The van der Waals surface area contributed by atoms with Crippen LogP contribution in [-0.2, 0) is 22.7 Å². The first kappa shape index (κ1) is 30.5. The molecule has 0 radical (unpaired) electrons. The molecule has 217 valence electrons. The maximum atomic E-state index is 5.90. The zero-order valence-electron chi connectivity index (χ0n) is 24.3. The molecule has 0 aliphatic carbocycles. The molecule has 0 N–H and O–H groups in total. The summed E-state index contributed by atoms with van der Waals surface area (Å²) in [7, 11) is -2.42. The number of rotatable bonds is 6. The summed E-state index contributed by atoms with van der Waals surface area (Å²) in [5, 5.41) is 6.61. The van der Waals surface area contributed by atoms with E-state index in [4.69, 9.17) is 14.7 Å². The zero-order chi connectivity index (χ0) is 30.4. The molecule has 1 aliphatic rings. The number of allylic oxidation sites excluding steroid dienone is 5. The Kier molecular flexibility index (Phi) is 9.77. The van der Waals surface area contributed by atoms with Gasteiger partial charge in [0.1, 0.15) is 0 Å². The molecule has 0 bridgehead atoms. The second-order valence-corrected chi connectivity index (χ2v) is 15.9. The van der Waals surface area contributed by atoms with Crippen LogP contribution in [0.1, 0.15) is 23.9 Å². The third-order valence-corrected chi connectivity index (χ3v) is 14.6. The molecule has 0 unspecified atom stereocenters. The number of thiazole rings is 2. The Morgan fingerprint density at radius 2 is 1.36 bits per heavy atom. The fourth-order valence-electron chi connectivity index (χ4n) is 5.32. The number of hydrogen-bond donors (Lipinski definition) is 0. The molecule has 1 saturated heterocycles. The Morgan fingerprint density at radius 3 is 1.89 bits per heavy atom. The molecule has 3 nitrogen and oxygen atoms in total. The van der Waals surface area contributed by atoms with Crippen LogP contribution in [0.3, 0.4) is 0 Å². The van der Waals surface area contributed by atoms with Crippen LogP contribution in [-0.4, -0.2) is 23.2 Å². The maximum absolute atomic E-state index is 5.90. The van der Waals surface area contributed by atoms with E-state index in [0.29, 0.717) is 13.2 Å². The van der Waals surface area contributed by atoms with Gasteiger partial charge in [0.05, 0.1) is 0 Å². The van der Waals surface area contributed by atoms with Crippen LogP contribution >= 0.6 is 29.9 Å². The van der Waals surface area contributed by atoms with Gasteiger partial charge in [-0.05, 0) is 6.92 Å². The van der Waals surface area contributed by atoms with Crippen molar-refractivity contribution >= 4 is 61.6 Å². The van der Waals surface area contributed by atoms with E-state index in [-0.39, 0.29) is 0 Å². The minimum absolute atomic E-state index is 0.558. The van der Waals surface area contributed by atoms with Gasteiger partial charge in [-0.2, -0.15) is 0 Å². The zero-order valence-corrected chi connectivity index (χ0v) is 29.4. The Balaban J connectivity index is 1.67. The molecule has 0 atom stereocenters. The number of aromatic nitrogens is 2. The molecular weight excluding hydrogens is 774 g/mol. The third kappa shape index (κ3) is 6.06. The number of nitrogens with zero attached hydrogens (tertiary/aromatic N) is 2. The average molecular weight is 803 g/mol. The van der Waals surface area contributed by atoms with E-state index in [0.717, 1.165) is 36.1 Å². The minimum atomic E-state index is -2.42. The number of ether oxygens (including phenoxy) is 1. The molecular formula is C37H29N2OOsPS2+. The molecule has 6 rings (SSSR count). The van der Waals surface area contributed by atoms with Crippen LogP contribution in [0.4, 0.5) is 0 Å². The van der Waals surface area contributed by atoms with Gasteiger partial charge in [0.15, 0.2) is 0 Å². The van der Waals surface area contributed by atoms with Gasteiger partial charge in [0, 0.05) is 0 Å². The quantitative estimate of drug-likeness (QED) is 0.130. The third-order valence-electron chi connectivity index (χ3n) is 7.31. The van der Waals surface area contributed by atoms with Gasteiger partial charge in [-0.15, -0.1) is 0 Å². The van der Waals surface area contributed by atoms with Gasteiger partial charge < -0.3 is 0 Å². The SMILES string of the molecule is CC=C1COCC1=CC(C#Cc1nc2sc(/C=C/C)nc2s1)=C([C]#[Os])[P+](c1ccccc1)(c1ccccc1)c1ccccc1. The Labute approximate surface area is 277 Å². The molecule has 3 aromatic carbocycles. The molecule has 0 spiro atoms. The van der Waals surface area contributed by atoms with Crippen molar-refractivity contribution in [2.24, 2.45) is 0 Å². The summed E-state index contributed by atoms with van der Waals surface area (Å²) in [6, 6.07) is 32.6. The van der Waals surface area contributed by atoms with Crippen LogP contribution in [0.5, 0.6) is 0 Å². The normalized spacial score (nSPS) is 15.9. The number of benzene rings is 3. The second kappa shape index (κ2) is 14.1. The summed E-state index contributed by atoms with van der Waals surface area (Å²) in [6.45, 7) is 5.24. The van der Waals surface area contributed by atoms with E-state index in [1.54, 1.807) is 40.6 Å². The molecule has 5 aromatic rings. The first-order valence-electron chi connectivity index (χ1n) is 14.2. The van der Waals surface area contributed by atoms with Crippen molar-refractivity contribution in [1.82, 2.24) is 9.97 Å². The van der Waals surface area contributed by atoms with E-state index in [9.17, 15) is 0 Å². The standard InChI is InChI=1S/C37H29N2OPS2.Os/c1-4-15-34-38-36-37(42-34)39-35(43-36)23-22-29(24-30-26-40-25-28(30)5-2)27(3)41(31-16-9-6-10-17-31,32-18-11-7-12-19-32)33-20-13-8-14-21-33;/h4-21,24H,25-26H2,1-2H3;/q+1;/b15-4+,28-5?,29-27?,30-24?;. The van der Waals surface area contributed by atoms with Crippen molar-refractivity contribution in [3.05, 3.63) is 141 Å². The molecule has 7 heteroatoms. The van der Waals surface area contributed by atoms with Crippen molar-refractivity contribution in [2.45, 2.75) is 13.8 Å². The molecule has 3 heterocycles. The van der Waals surface area contributed by atoms with Gasteiger partial charge in [-0.3, -0.25) is 0 Å².